The number of amides is 1. The van der Waals surface area contributed by atoms with E-state index in [0.29, 0.717) is 0 Å². The molecule has 29 heavy (non-hydrogen) atoms. The summed E-state index contributed by atoms with van der Waals surface area (Å²) in [6, 6.07) is 17.7. The topological polar surface area (TPSA) is 94.2 Å². The molecular weight excluding hydrogens is 374 g/mol. The van der Waals surface area contributed by atoms with Crippen molar-refractivity contribution in [3.8, 4) is 0 Å². The molecule has 0 aliphatic carbocycles. The average Bonchev–Trinajstić information content (AvgIpc) is 3.54. The first-order valence-electron chi connectivity index (χ1n) is 9.45. The van der Waals surface area contributed by atoms with Crippen LogP contribution in [0.4, 0.5) is 0 Å². The average molecular weight is 397 g/mol. The van der Waals surface area contributed by atoms with Crippen molar-refractivity contribution in [1.82, 2.24) is 5.32 Å². The van der Waals surface area contributed by atoms with Crippen molar-refractivity contribution in [3.05, 3.63) is 71.8 Å². The highest BCUT2D eigenvalue weighted by Gasteiger charge is 2.52. The highest BCUT2D eigenvalue weighted by atomic mass is 16.6. The van der Waals surface area contributed by atoms with Gasteiger partial charge in [-0.3, -0.25) is 4.79 Å². The smallest absolute Gasteiger partial charge is 0.338 e. The molecule has 152 valence electrons. The third-order valence-corrected chi connectivity index (χ3v) is 4.38. The molecule has 2 aromatic rings. The molecule has 1 fully saturated rings. The maximum atomic E-state index is 12.6. The standard InChI is InChI=1S/C22H23NO6/c1-2-27-22(26)19-18(29-19)20(24)23-17(13-15-9-5-3-6-10-15)21(25)28-14-16-11-7-4-8-12-16/h3-12,17-19H,2,13-14H2,1H3,(H,23,24)/t17-,18-,19-/m0/s1. The molecule has 1 aliphatic heterocycles. The lowest BCUT2D eigenvalue weighted by molar-refractivity contribution is -0.149. The fourth-order valence-corrected chi connectivity index (χ4v) is 2.84. The Morgan fingerprint density at radius 1 is 0.931 bits per heavy atom. The van der Waals surface area contributed by atoms with Crippen LogP contribution in [0.25, 0.3) is 0 Å². The van der Waals surface area contributed by atoms with Gasteiger partial charge in [0.25, 0.3) is 5.91 Å². The molecule has 7 nitrogen and oxygen atoms in total. The summed E-state index contributed by atoms with van der Waals surface area (Å²) < 4.78 is 15.4. The highest BCUT2D eigenvalue weighted by Crippen LogP contribution is 2.24. The van der Waals surface area contributed by atoms with Crippen molar-refractivity contribution < 1.29 is 28.6 Å². The largest absolute Gasteiger partial charge is 0.464 e. The lowest BCUT2D eigenvalue weighted by Gasteiger charge is -2.17. The van der Waals surface area contributed by atoms with Gasteiger partial charge in [-0.25, -0.2) is 9.59 Å². The van der Waals surface area contributed by atoms with E-state index in [1.807, 2.05) is 60.7 Å². The second kappa shape index (κ2) is 9.84. The quantitative estimate of drug-likeness (QED) is 0.512. The molecule has 3 rings (SSSR count). The van der Waals surface area contributed by atoms with Gasteiger partial charge in [-0.1, -0.05) is 60.7 Å². The number of carbonyl (C=O) groups excluding carboxylic acids is 3. The van der Waals surface area contributed by atoms with E-state index in [0.717, 1.165) is 11.1 Å². The fourth-order valence-electron chi connectivity index (χ4n) is 2.84. The minimum atomic E-state index is -0.950. The molecule has 0 radical (unpaired) electrons. The molecule has 0 aromatic heterocycles. The third kappa shape index (κ3) is 5.89. The number of ether oxygens (including phenoxy) is 3. The summed E-state index contributed by atoms with van der Waals surface area (Å²) in [5.41, 5.74) is 1.71. The zero-order chi connectivity index (χ0) is 20.6. The van der Waals surface area contributed by atoms with Gasteiger partial charge in [0.05, 0.1) is 6.61 Å². The van der Waals surface area contributed by atoms with Crippen LogP contribution < -0.4 is 5.32 Å². The van der Waals surface area contributed by atoms with E-state index in [9.17, 15) is 14.4 Å². The molecule has 1 N–H and O–H groups in total. The van der Waals surface area contributed by atoms with Crippen LogP contribution in [0.15, 0.2) is 60.7 Å². The van der Waals surface area contributed by atoms with Crippen LogP contribution in [0, 0.1) is 0 Å². The Bertz CT molecular complexity index is 839. The van der Waals surface area contributed by atoms with Crippen LogP contribution in [0.5, 0.6) is 0 Å². The van der Waals surface area contributed by atoms with Crippen molar-refractivity contribution in [2.45, 2.75) is 38.2 Å². The van der Waals surface area contributed by atoms with Crippen molar-refractivity contribution >= 4 is 17.8 Å². The van der Waals surface area contributed by atoms with Gasteiger partial charge in [-0.2, -0.15) is 0 Å². The van der Waals surface area contributed by atoms with Gasteiger partial charge in [0.15, 0.2) is 12.2 Å². The Hall–Kier alpha value is -3.19. The van der Waals surface area contributed by atoms with E-state index in [1.54, 1.807) is 6.92 Å². The van der Waals surface area contributed by atoms with Gasteiger partial charge in [-0.15, -0.1) is 0 Å². The van der Waals surface area contributed by atoms with Crippen LogP contribution in [0.3, 0.4) is 0 Å². The Morgan fingerprint density at radius 3 is 2.17 bits per heavy atom. The first-order chi connectivity index (χ1) is 14.1. The monoisotopic (exact) mass is 397 g/mol. The Balaban J connectivity index is 1.62. The number of hydrogen-bond donors (Lipinski definition) is 1. The van der Waals surface area contributed by atoms with Crippen LogP contribution in [-0.2, 0) is 41.6 Å². The molecule has 1 saturated heterocycles. The number of carbonyl (C=O) groups is 3. The zero-order valence-corrected chi connectivity index (χ0v) is 16.1. The van der Waals surface area contributed by atoms with Crippen LogP contribution in [-0.4, -0.2) is 42.7 Å². The van der Waals surface area contributed by atoms with Crippen molar-refractivity contribution in [1.29, 1.82) is 0 Å². The normalized spacial score (nSPS) is 18.4. The molecule has 2 aromatic carbocycles. The van der Waals surface area contributed by atoms with E-state index in [-0.39, 0.29) is 19.6 Å². The summed E-state index contributed by atoms with van der Waals surface area (Å²) >= 11 is 0. The third-order valence-electron chi connectivity index (χ3n) is 4.38. The number of rotatable bonds is 9. The van der Waals surface area contributed by atoms with E-state index in [1.165, 1.54) is 0 Å². The summed E-state index contributed by atoms with van der Waals surface area (Å²) in [4.78, 5) is 36.8. The number of nitrogens with one attached hydrogen (secondary N) is 1. The lowest BCUT2D eigenvalue weighted by Crippen LogP contribution is -2.45. The minimum absolute atomic E-state index is 0.103. The zero-order valence-electron chi connectivity index (χ0n) is 16.1. The maximum Gasteiger partial charge on any atom is 0.338 e. The number of esters is 2. The highest BCUT2D eigenvalue weighted by molar-refractivity contribution is 5.94. The van der Waals surface area contributed by atoms with Crippen LogP contribution in [0.1, 0.15) is 18.1 Å². The van der Waals surface area contributed by atoms with Gasteiger partial charge in [-0.05, 0) is 18.1 Å². The fraction of sp³-hybridized carbons (Fsp3) is 0.318. The predicted octanol–water partition coefficient (Wildman–Crippen LogP) is 1.79. The summed E-state index contributed by atoms with van der Waals surface area (Å²) in [6.45, 7) is 1.98. The molecule has 0 spiro atoms. The molecule has 3 atom stereocenters. The molecule has 7 heteroatoms. The molecule has 1 aliphatic rings. The minimum Gasteiger partial charge on any atom is -0.464 e. The van der Waals surface area contributed by atoms with Crippen molar-refractivity contribution in [3.63, 3.8) is 0 Å². The second-order valence-electron chi connectivity index (χ2n) is 6.57. The lowest BCUT2D eigenvalue weighted by atomic mass is 10.1. The molecular formula is C22H23NO6. The summed E-state index contributed by atoms with van der Waals surface area (Å²) in [5, 5.41) is 2.64. The van der Waals surface area contributed by atoms with Crippen LogP contribution >= 0.6 is 0 Å². The van der Waals surface area contributed by atoms with E-state index < -0.39 is 36.1 Å². The maximum absolute atomic E-state index is 12.6. The van der Waals surface area contributed by atoms with Gasteiger partial charge >= 0.3 is 11.9 Å². The molecule has 0 unspecified atom stereocenters. The molecule has 0 bridgehead atoms. The van der Waals surface area contributed by atoms with Gasteiger partial charge in [0.1, 0.15) is 12.6 Å². The summed E-state index contributed by atoms with van der Waals surface area (Å²) in [5.74, 6) is -1.68. The first-order valence-corrected chi connectivity index (χ1v) is 9.45. The Morgan fingerprint density at radius 2 is 1.55 bits per heavy atom. The number of benzene rings is 2. The molecule has 1 amide bonds. The first kappa shape index (κ1) is 20.5. The number of epoxide rings is 1. The van der Waals surface area contributed by atoms with Gasteiger partial charge < -0.3 is 19.5 Å². The molecule has 1 heterocycles. The molecule has 0 saturated carbocycles. The Kier molecular flexibility index (Phi) is 6.97. The predicted molar refractivity (Wildman–Crippen MR) is 104 cm³/mol. The van der Waals surface area contributed by atoms with Crippen molar-refractivity contribution in [2.75, 3.05) is 6.61 Å². The van der Waals surface area contributed by atoms with E-state index >= 15 is 0 Å². The van der Waals surface area contributed by atoms with Gasteiger partial charge in [0, 0.05) is 6.42 Å². The SMILES string of the molecule is CCOC(=O)[C@H]1O[C@@H]1C(=O)N[C@@H](Cc1ccccc1)C(=O)OCc1ccccc1. The summed E-state index contributed by atoms with van der Waals surface area (Å²) in [7, 11) is 0. The van der Waals surface area contributed by atoms with Gasteiger partial charge in [0.2, 0.25) is 0 Å². The van der Waals surface area contributed by atoms with Crippen LogP contribution in [0.2, 0.25) is 0 Å². The number of hydrogen-bond acceptors (Lipinski definition) is 6. The van der Waals surface area contributed by atoms with E-state index in [4.69, 9.17) is 14.2 Å². The second-order valence-corrected chi connectivity index (χ2v) is 6.57. The van der Waals surface area contributed by atoms with E-state index in [2.05, 4.69) is 5.32 Å². The summed E-state index contributed by atoms with van der Waals surface area (Å²) in [6.07, 6.45) is -1.61. The van der Waals surface area contributed by atoms with Crippen molar-refractivity contribution in [2.24, 2.45) is 0 Å². The Labute approximate surface area is 169 Å².